The third kappa shape index (κ3) is 7.16. The molecule has 0 saturated heterocycles. The van der Waals surface area contributed by atoms with Gasteiger partial charge in [0.25, 0.3) is 0 Å². The maximum Gasteiger partial charge on any atom is 0.220 e. The minimum Gasteiger partial charge on any atom is -0.379 e. The van der Waals surface area contributed by atoms with E-state index < -0.39 is 0 Å². The van der Waals surface area contributed by atoms with Crippen molar-refractivity contribution in [1.29, 1.82) is 0 Å². The SMILES string of the molecule is Cc1nn(CC(C)C)c(C)c1CCC(=O)NCCCOC(C)C. The normalized spacial score (nSPS) is 11.5. The Morgan fingerprint density at radius 2 is 1.96 bits per heavy atom. The van der Waals surface area contributed by atoms with Crippen LogP contribution in [0.2, 0.25) is 0 Å². The van der Waals surface area contributed by atoms with Gasteiger partial charge in [-0.2, -0.15) is 5.10 Å². The molecule has 0 aromatic carbocycles. The van der Waals surface area contributed by atoms with Crippen LogP contribution in [0.3, 0.4) is 0 Å². The fourth-order valence-electron chi connectivity index (χ4n) is 2.57. The Labute approximate surface area is 140 Å². The number of nitrogens with one attached hydrogen (secondary N) is 1. The first kappa shape index (κ1) is 19.7. The second-order valence-corrected chi connectivity index (χ2v) is 6.85. The van der Waals surface area contributed by atoms with Gasteiger partial charge >= 0.3 is 0 Å². The molecule has 0 atom stereocenters. The van der Waals surface area contributed by atoms with Gasteiger partial charge in [0.2, 0.25) is 5.91 Å². The first-order valence-corrected chi connectivity index (χ1v) is 8.72. The van der Waals surface area contributed by atoms with Crippen molar-refractivity contribution >= 4 is 5.91 Å². The summed E-state index contributed by atoms with van der Waals surface area (Å²) in [5.41, 5.74) is 3.44. The number of carbonyl (C=O) groups is 1. The van der Waals surface area contributed by atoms with Gasteiger partial charge in [-0.25, -0.2) is 0 Å². The minimum absolute atomic E-state index is 0.102. The van der Waals surface area contributed by atoms with Gasteiger partial charge in [-0.1, -0.05) is 13.8 Å². The maximum absolute atomic E-state index is 11.9. The van der Waals surface area contributed by atoms with E-state index in [0.29, 0.717) is 25.5 Å². The molecule has 1 heterocycles. The smallest absolute Gasteiger partial charge is 0.220 e. The van der Waals surface area contributed by atoms with Crippen LogP contribution in [0, 0.1) is 19.8 Å². The summed E-state index contributed by atoms with van der Waals surface area (Å²) in [4.78, 5) is 11.9. The summed E-state index contributed by atoms with van der Waals surface area (Å²) in [6.07, 6.45) is 2.37. The predicted molar refractivity (Wildman–Crippen MR) is 93.6 cm³/mol. The van der Waals surface area contributed by atoms with Crippen molar-refractivity contribution in [1.82, 2.24) is 15.1 Å². The Hall–Kier alpha value is -1.36. The summed E-state index contributed by atoms with van der Waals surface area (Å²) in [7, 11) is 0. The monoisotopic (exact) mass is 323 g/mol. The Morgan fingerprint density at radius 1 is 1.26 bits per heavy atom. The number of amides is 1. The molecule has 1 aromatic rings. The highest BCUT2D eigenvalue weighted by atomic mass is 16.5. The molecular formula is C18H33N3O2. The van der Waals surface area contributed by atoms with Crippen molar-refractivity contribution in [3.05, 3.63) is 17.0 Å². The van der Waals surface area contributed by atoms with E-state index in [2.05, 4.69) is 35.9 Å². The quantitative estimate of drug-likeness (QED) is 0.673. The molecule has 0 saturated carbocycles. The minimum atomic E-state index is 0.102. The van der Waals surface area contributed by atoms with E-state index in [1.165, 1.54) is 11.3 Å². The van der Waals surface area contributed by atoms with E-state index in [1.807, 2.05) is 20.8 Å². The summed E-state index contributed by atoms with van der Waals surface area (Å²) in [5, 5.41) is 7.56. The van der Waals surface area contributed by atoms with Crippen LogP contribution in [0.4, 0.5) is 0 Å². The number of rotatable bonds is 10. The van der Waals surface area contributed by atoms with Gasteiger partial charge in [-0.05, 0) is 52.0 Å². The van der Waals surface area contributed by atoms with Crippen molar-refractivity contribution in [2.24, 2.45) is 5.92 Å². The summed E-state index contributed by atoms with van der Waals surface area (Å²) >= 11 is 0. The number of aromatic nitrogens is 2. The fraction of sp³-hybridized carbons (Fsp3) is 0.778. The van der Waals surface area contributed by atoms with Gasteiger partial charge in [0.1, 0.15) is 0 Å². The molecule has 1 rings (SSSR count). The molecule has 5 heteroatoms. The fourth-order valence-corrected chi connectivity index (χ4v) is 2.57. The van der Waals surface area contributed by atoms with Gasteiger partial charge in [0.15, 0.2) is 0 Å². The number of ether oxygens (including phenoxy) is 1. The molecule has 1 aromatic heterocycles. The largest absolute Gasteiger partial charge is 0.379 e. The Kier molecular flexibility index (Phi) is 8.31. The zero-order valence-electron chi connectivity index (χ0n) is 15.6. The number of aryl methyl sites for hydroxylation is 1. The highest BCUT2D eigenvalue weighted by Gasteiger charge is 2.13. The standard InChI is InChI=1S/C18H33N3O2/c1-13(2)12-21-16(6)17(15(5)20-21)8-9-18(22)19-10-7-11-23-14(3)4/h13-14H,7-12H2,1-6H3,(H,19,22). The van der Waals surface area contributed by atoms with E-state index >= 15 is 0 Å². The van der Waals surface area contributed by atoms with Crippen molar-refractivity contribution in [3.63, 3.8) is 0 Å². The number of carbonyl (C=O) groups excluding carboxylic acids is 1. The Morgan fingerprint density at radius 3 is 2.57 bits per heavy atom. The summed E-state index contributed by atoms with van der Waals surface area (Å²) in [5.74, 6) is 0.669. The van der Waals surface area contributed by atoms with Crippen LogP contribution >= 0.6 is 0 Å². The van der Waals surface area contributed by atoms with Crippen LogP contribution in [-0.4, -0.2) is 34.9 Å². The molecule has 1 N–H and O–H groups in total. The van der Waals surface area contributed by atoms with Gasteiger partial charge < -0.3 is 10.1 Å². The lowest BCUT2D eigenvalue weighted by molar-refractivity contribution is -0.121. The lowest BCUT2D eigenvalue weighted by Gasteiger charge is -2.09. The first-order valence-electron chi connectivity index (χ1n) is 8.72. The number of hydrogen-bond acceptors (Lipinski definition) is 3. The molecule has 0 aliphatic carbocycles. The third-order valence-corrected chi connectivity index (χ3v) is 3.77. The topological polar surface area (TPSA) is 56.2 Å². The van der Waals surface area contributed by atoms with Crippen LogP contribution < -0.4 is 5.32 Å². The van der Waals surface area contributed by atoms with E-state index in [9.17, 15) is 4.79 Å². The van der Waals surface area contributed by atoms with Crippen LogP contribution in [0.15, 0.2) is 0 Å². The molecule has 0 fully saturated rings. The van der Waals surface area contributed by atoms with Crippen LogP contribution in [0.25, 0.3) is 0 Å². The summed E-state index contributed by atoms with van der Waals surface area (Å²) in [6.45, 7) is 14.8. The Balaban J connectivity index is 2.37. The molecule has 0 unspecified atom stereocenters. The Bertz CT molecular complexity index is 493. The van der Waals surface area contributed by atoms with Crippen LogP contribution in [0.1, 0.15) is 57.5 Å². The predicted octanol–water partition coefficient (Wildman–Crippen LogP) is 3.02. The second kappa shape index (κ2) is 9.71. The molecule has 1 amide bonds. The van der Waals surface area contributed by atoms with E-state index in [-0.39, 0.29) is 12.0 Å². The molecular weight excluding hydrogens is 290 g/mol. The molecule has 5 nitrogen and oxygen atoms in total. The molecule has 0 aliphatic heterocycles. The average Bonchev–Trinajstić information content (AvgIpc) is 2.70. The van der Waals surface area contributed by atoms with Crippen molar-refractivity contribution in [2.75, 3.05) is 13.2 Å². The number of hydrogen-bond donors (Lipinski definition) is 1. The zero-order chi connectivity index (χ0) is 17.4. The van der Waals surface area contributed by atoms with E-state index in [0.717, 1.165) is 25.1 Å². The molecule has 0 bridgehead atoms. The molecule has 0 radical (unpaired) electrons. The van der Waals surface area contributed by atoms with Gasteiger partial charge in [0.05, 0.1) is 11.8 Å². The van der Waals surface area contributed by atoms with Crippen molar-refractivity contribution < 1.29 is 9.53 Å². The van der Waals surface area contributed by atoms with Crippen LogP contribution in [-0.2, 0) is 22.5 Å². The zero-order valence-corrected chi connectivity index (χ0v) is 15.6. The molecule has 0 aliphatic rings. The number of nitrogens with zero attached hydrogens (tertiary/aromatic N) is 2. The van der Waals surface area contributed by atoms with E-state index in [4.69, 9.17) is 4.74 Å². The highest BCUT2D eigenvalue weighted by Crippen LogP contribution is 2.16. The van der Waals surface area contributed by atoms with Gasteiger partial charge in [0, 0.05) is 31.8 Å². The van der Waals surface area contributed by atoms with Gasteiger partial charge in [-0.3, -0.25) is 9.48 Å². The first-order chi connectivity index (χ1) is 10.8. The van der Waals surface area contributed by atoms with Crippen molar-refractivity contribution in [3.8, 4) is 0 Å². The van der Waals surface area contributed by atoms with E-state index in [1.54, 1.807) is 0 Å². The highest BCUT2D eigenvalue weighted by molar-refractivity contribution is 5.76. The van der Waals surface area contributed by atoms with Crippen LogP contribution in [0.5, 0.6) is 0 Å². The maximum atomic E-state index is 11.9. The molecule has 23 heavy (non-hydrogen) atoms. The summed E-state index contributed by atoms with van der Waals surface area (Å²) < 4.78 is 7.52. The van der Waals surface area contributed by atoms with Crippen molar-refractivity contribution in [2.45, 2.75) is 73.5 Å². The lowest BCUT2D eigenvalue weighted by Crippen LogP contribution is -2.25. The second-order valence-electron chi connectivity index (χ2n) is 6.85. The van der Waals surface area contributed by atoms with Gasteiger partial charge in [-0.15, -0.1) is 0 Å². The summed E-state index contributed by atoms with van der Waals surface area (Å²) in [6, 6.07) is 0. The average molecular weight is 323 g/mol. The molecule has 132 valence electrons. The third-order valence-electron chi connectivity index (χ3n) is 3.77. The lowest BCUT2D eigenvalue weighted by atomic mass is 10.1. The molecule has 0 spiro atoms.